The van der Waals surface area contributed by atoms with Crippen LogP contribution in [-0.2, 0) is 4.79 Å². The number of rotatable bonds is 5. The maximum atomic E-state index is 12.6. The highest BCUT2D eigenvalue weighted by atomic mass is 16.3. The second kappa shape index (κ2) is 6.05. The fraction of sp³-hybridized carbons (Fsp3) is 0.188. The van der Waals surface area contributed by atoms with Crippen molar-refractivity contribution in [2.45, 2.75) is 6.04 Å². The number of β-amino-alcohol motifs (C(OH)–C–C–N with tert-alkyl or cyclic N) is 1. The first-order valence-corrected chi connectivity index (χ1v) is 6.98. The smallest absolute Gasteiger partial charge is 0.290 e. The van der Waals surface area contributed by atoms with Crippen molar-refractivity contribution in [3.8, 4) is 0 Å². The first kappa shape index (κ1) is 15.0. The van der Waals surface area contributed by atoms with Crippen LogP contribution in [-0.4, -0.2) is 44.9 Å². The number of hydrogen-bond donors (Lipinski definition) is 2. The number of aromatic nitrogens is 1. The standard InChI is InChI=1S/C16H14N2O5/c19-7-6-18-13(10-3-1-5-17-9-10)12(15(21)16(18)22)14(20)11-4-2-8-23-11/h1-5,8-9,13,19,21H,6-7H2/t13-/m0/s1. The molecular weight excluding hydrogens is 300 g/mol. The molecule has 0 radical (unpaired) electrons. The number of hydrogen-bond acceptors (Lipinski definition) is 6. The molecule has 1 amide bonds. The highest BCUT2D eigenvalue weighted by Gasteiger charge is 2.44. The molecule has 0 bridgehead atoms. The van der Waals surface area contributed by atoms with E-state index in [0.29, 0.717) is 5.56 Å². The molecule has 7 nitrogen and oxygen atoms in total. The number of carbonyl (C=O) groups is 2. The molecule has 1 aliphatic rings. The minimum atomic E-state index is -0.819. The summed E-state index contributed by atoms with van der Waals surface area (Å²) in [6.45, 7) is -0.310. The maximum absolute atomic E-state index is 12.6. The van der Waals surface area contributed by atoms with Gasteiger partial charge in [0.05, 0.1) is 24.5 Å². The Labute approximate surface area is 131 Å². The Hall–Kier alpha value is -2.93. The van der Waals surface area contributed by atoms with Gasteiger partial charge in [-0.25, -0.2) is 0 Å². The Kier molecular flexibility index (Phi) is 3.94. The molecule has 0 aliphatic carbocycles. The van der Waals surface area contributed by atoms with Gasteiger partial charge in [0.25, 0.3) is 5.91 Å². The SMILES string of the molecule is O=C(C1=C(O)C(=O)N(CCO)[C@H]1c1cccnc1)c1ccco1. The van der Waals surface area contributed by atoms with Gasteiger partial charge in [-0.05, 0) is 23.8 Å². The van der Waals surface area contributed by atoms with E-state index in [1.54, 1.807) is 24.4 Å². The van der Waals surface area contributed by atoms with Crippen molar-refractivity contribution in [3.63, 3.8) is 0 Å². The van der Waals surface area contributed by atoms with Gasteiger partial charge >= 0.3 is 0 Å². The maximum Gasteiger partial charge on any atom is 0.290 e. The van der Waals surface area contributed by atoms with Crippen LogP contribution in [0.15, 0.2) is 58.7 Å². The molecule has 7 heteroatoms. The van der Waals surface area contributed by atoms with Crippen LogP contribution in [0.3, 0.4) is 0 Å². The third kappa shape index (κ3) is 2.51. The molecule has 0 spiro atoms. The molecule has 0 unspecified atom stereocenters. The van der Waals surface area contributed by atoms with Gasteiger partial charge in [0.1, 0.15) is 0 Å². The zero-order chi connectivity index (χ0) is 16.4. The van der Waals surface area contributed by atoms with E-state index in [-0.39, 0.29) is 24.5 Å². The molecule has 3 heterocycles. The molecule has 3 rings (SSSR count). The monoisotopic (exact) mass is 314 g/mol. The van der Waals surface area contributed by atoms with Crippen LogP contribution in [0.4, 0.5) is 0 Å². The molecule has 0 fully saturated rings. The first-order chi connectivity index (χ1) is 11.1. The first-order valence-electron chi connectivity index (χ1n) is 6.98. The van der Waals surface area contributed by atoms with E-state index < -0.39 is 23.5 Å². The van der Waals surface area contributed by atoms with Crippen molar-refractivity contribution in [3.05, 3.63) is 65.6 Å². The number of aliphatic hydroxyl groups excluding tert-OH is 2. The van der Waals surface area contributed by atoms with Crippen LogP contribution in [0.1, 0.15) is 22.2 Å². The summed E-state index contributed by atoms with van der Waals surface area (Å²) in [5, 5.41) is 19.4. The van der Waals surface area contributed by atoms with Crippen molar-refractivity contribution >= 4 is 11.7 Å². The van der Waals surface area contributed by atoms with E-state index in [0.717, 1.165) is 0 Å². The number of carbonyl (C=O) groups excluding carboxylic acids is 2. The lowest BCUT2D eigenvalue weighted by Crippen LogP contribution is -2.33. The second-order valence-electron chi connectivity index (χ2n) is 4.98. The minimum absolute atomic E-state index is 0.0165. The van der Waals surface area contributed by atoms with Gasteiger partial charge in [0, 0.05) is 18.9 Å². The average Bonchev–Trinajstić information content (AvgIpc) is 3.18. The van der Waals surface area contributed by atoms with E-state index in [1.807, 2.05) is 0 Å². The van der Waals surface area contributed by atoms with Gasteiger partial charge in [0.15, 0.2) is 11.5 Å². The quantitative estimate of drug-likeness (QED) is 0.805. The Morgan fingerprint density at radius 1 is 1.35 bits per heavy atom. The van der Waals surface area contributed by atoms with Crippen LogP contribution in [0, 0.1) is 0 Å². The molecule has 23 heavy (non-hydrogen) atoms. The predicted octanol–water partition coefficient (Wildman–Crippen LogP) is 1.25. The molecular formula is C16H14N2O5. The zero-order valence-corrected chi connectivity index (χ0v) is 12.0. The largest absolute Gasteiger partial charge is 0.503 e. The molecule has 2 aromatic heterocycles. The normalized spacial score (nSPS) is 17.9. The minimum Gasteiger partial charge on any atom is -0.503 e. The summed E-state index contributed by atoms with van der Waals surface area (Å²) in [5.41, 5.74) is 0.486. The Balaban J connectivity index is 2.10. The lowest BCUT2D eigenvalue weighted by Gasteiger charge is -2.25. The second-order valence-corrected chi connectivity index (χ2v) is 4.98. The van der Waals surface area contributed by atoms with Crippen LogP contribution in [0.5, 0.6) is 0 Å². The molecule has 2 aromatic rings. The third-order valence-corrected chi connectivity index (χ3v) is 3.63. The number of ketones is 1. The van der Waals surface area contributed by atoms with Gasteiger partial charge in [-0.15, -0.1) is 0 Å². The molecule has 1 atom stereocenters. The summed E-state index contributed by atoms with van der Waals surface area (Å²) >= 11 is 0. The summed E-state index contributed by atoms with van der Waals surface area (Å²) in [5.74, 6) is -1.88. The Morgan fingerprint density at radius 2 is 2.17 bits per heavy atom. The lowest BCUT2D eigenvalue weighted by molar-refractivity contribution is -0.129. The van der Waals surface area contributed by atoms with Crippen molar-refractivity contribution in [1.29, 1.82) is 0 Å². The number of aliphatic hydroxyl groups is 2. The van der Waals surface area contributed by atoms with E-state index in [2.05, 4.69) is 4.98 Å². The van der Waals surface area contributed by atoms with Crippen LogP contribution in [0.25, 0.3) is 0 Å². The number of pyridine rings is 1. The van der Waals surface area contributed by atoms with Gasteiger partial charge in [-0.2, -0.15) is 0 Å². The van der Waals surface area contributed by atoms with Gasteiger partial charge < -0.3 is 19.5 Å². The lowest BCUT2D eigenvalue weighted by atomic mass is 9.96. The van der Waals surface area contributed by atoms with Crippen LogP contribution < -0.4 is 0 Å². The van der Waals surface area contributed by atoms with E-state index >= 15 is 0 Å². The summed E-state index contributed by atoms with van der Waals surface area (Å²) in [6, 6.07) is 5.56. The summed E-state index contributed by atoms with van der Waals surface area (Å²) in [7, 11) is 0. The summed E-state index contributed by atoms with van der Waals surface area (Å²) in [6.07, 6.45) is 4.41. The molecule has 0 saturated carbocycles. The molecule has 0 saturated heterocycles. The van der Waals surface area contributed by atoms with E-state index in [4.69, 9.17) is 4.42 Å². The average molecular weight is 314 g/mol. The summed E-state index contributed by atoms with van der Waals surface area (Å²) < 4.78 is 5.08. The van der Waals surface area contributed by atoms with Crippen LogP contribution >= 0.6 is 0 Å². The van der Waals surface area contributed by atoms with Crippen molar-refractivity contribution in [2.24, 2.45) is 0 Å². The van der Waals surface area contributed by atoms with Gasteiger partial charge in [-0.3, -0.25) is 14.6 Å². The van der Waals surface area contributed by atoms with Gasteiger partial charge in [-0.1, -0.05) is 6.07 Å². The predicted molar refractivity (Wildman–Crippen MR) is 78.5 cm³/mol. The number of amides is 1. The highest BCUT2D eigenvalue weighted by molar-refractivity contribution is 6.14. The van der Waals surface area contributed by atoms with Gasteiger partial charge in [0.2, 0.25) is 5.78 Å². The van der Waals surface area contributed by atoms with Crippen molar-refractivity contribution in [1.82, 2.24) is 9.88 Å². The number of nitrogens with zero attached hydrogens (tertiary/aromatic N) is 2. The molecule has 118 valence electrons. The zero-order valence-electron chi connectivity index (χ0n) is 12.0. The molecule has 1 aliphatic heterocycles. The Bertz CT molecular complexity index is 752. The fourth-order valence-corrected chi connectivity index (χ4v) is 2.65. The van der Waals surface area contributed by atoms with Crippen molar-refractivity contribution < 1.29 is 24.2 Å². The number of furan rings is 1. The topological polar surface area (TPSA) is 104 Å². The van der Waals surface area contributed by atoms with E-state index in [1.165, 1.54) is 23.4 Å². The highest BCUT2D eigenvalue weighted by Crippen LogP contribution is 2.38. The fourth-order valence-electron chi connectivity index (χ4n) is 2.65. The number of Topliss-reactive ketones (excluding diaryl/α,β-unsaturated/α-hetero) is 1. The van der Waals surface area contributed by atoms with E-state index in [9.17, 15) is 19.8 Å². The van der Waals surface area contributed by atoms with Crippen LogP contribution in [0.2, 0.25) is 0 Å². The molecule has 2 N–H and O–H groups in total. The van der Waals surface area contributed by atoms with Crippen molar-refractivity contribution in [2.75, 3.05) is 13.2 Å². The summed E-state index contributed by atoms with van der Waals surface area (Å²) in [4.78, 5) is 30.1. The molecule has 0 aromatic carbocycles. The Morgan fingerprint density at radius 3 is 2.78 bits per heavy atom. The third-order valence-electron chi connectivity index (χ3n) is 3.63.